The zero-order valence-electron chi connectivity index (χ0n) is 21.8. The molecule has 1 heterocycles. The molecule has 0 fully saturated rings. The van der Waals surface area contributed by atoms with E-state index in [9.17, 15) is 0 Å². The van der Waals surface area contributed by atoms with Crippen LogP contribution in [0.15, 0.2) is 84.9 Å². The number of aromatic nitrogens is 2. The second-order valence-electron chi connectivity index (χ2n) is 9.20. The summed E-state index contributed by atoms with van der Waals surface area (Å²) in [7, 11) is 0. The van der Waals surface area contributed by atoms with Crippen molar-refractivity contribution in [1.29, 1.82) is 0 Å². The number of fused-ring (bicyclic) bond motifs is 1. The topological polar surface area (TPSA) is 25.8 Å². The molecule has 3 heteroatoms. The Balaban J connectivity index is 0.000000228. The fraction of sp³-hybridized carbons (Fsp3) is 0.375. The molecule has 0 N–H and O–H groups in total. The summed E-state index contributed by atoms with van der Waals surface area (Å²) in [5.41, 5.74) is 5.84. The number of rotatable bonds is 11. The maximum atomic E-state index is 4.86. The van der Waals surface area contributed by atoms with Crippen LogP contribution in [0.2, 0.25) is 13.3 Å². The van der Waals surface area contributed by atoms with E-state index in [2.05, 4.69) is 45.0 Å². The molecule has 2 nitrogen and oxygen atoms in total. The average molecular weight is 572 g/mol. The third-order valence-electron chi connectivity index (χ3n) is 6.32. The fourth-order valence-corrected chi connectivity index (χ4v) is 13.7. The number of unbranched alkanes of at least 4 members (excludes halogenated alkanes) is 3. The largest absolute Gasteiger partial charge is 0.244 e. The van der Waals surface area contributed by atoms with Crippen molar-refractivity contribution in [3.8, 4) is 22.5 Å². The first-order valence-corrected chi connectivity index (χ1v) is 19.5. The van der Waals surface area contributed by atoms with Crippen LogP contribution in [-0.4, -0.2) is 29.7 Å². The minimum atomic E-state index is -0.839. The van der Waals surface area contributed by atoms with Crippen LogP contribution in [0.25, 0.3) is 33.5 Å². The van der Waals surface area contributed by atoms with Crippen molar-refractivity contribution in [2.75, 3.05) is 0 Å². The maximum absolute atomic E-state index is 4.86. The molecule has 0 amide bonds. The van der Waals surface area contributed by atoms with Gasteiger partial charge in [0.1, 0.15) is 0 Å². The van der Waals surface area contributed by atoms with Gasteiger partial charge in [0.2, 0.25) is 0 Å². The van der Waals surface area contributed by atoms with Crippen molar-refractivity contribution in [3.05, 3.63) is 84.9 Å². The van der Waals surface area contributed by atoms with Crippen molar-refractivity contribution >= 4 is 30.8 Å². The Kier molecular flexibility index (Phi) is 12.3. The molecule has 4 aromatic rings. The van der Waals surface area contributed by atoms with Gasteiger partial charge in [-0.05, 0) is 12.1 Å². The summed E-state index contributed by atoms with van der Waals surface area (Å²) >= 11 is -0.839. The van der Waals surface area contributed by atoms with Crippen molar-refractivity contribution in [1.82, 2.24) is 9.97 Å². The Morgan fingerprint density at radius 1 is 0.486 bits per heavy atom. The van der Waals surface area contributed by atoms with Crippen LogP contribution < -0.4 is 0 Å². The molecular weight excluding hydrogens is 531 g/mol. The first-order chi connectivity index (χ1) is 17.3. The van der Waals surface area contributed by atoms with E-state index in [1.165, 1.54) is 38.5 Å². The van der Waals surface area contributed by atoms with Gasteiger partial charge in [0.15, 0.2) is 0 Å². The zero-order chi connectivity index (χ0) is 24.7. The van der Waals surface area contributed by atoms with Gasteiger partial charge in [0, 0.05) is 11.1 Å². The molecular formula is C32H41N2Sn. The van der Waals surface area contributed by atoms with Gasteiger partial charge in [0.05, 0.1) is 22.4 Å². The first-order valence-electron chi connectivity index (χ1n) is 13.5. The number of nitrogens with zero attached hydrogens (tertiary/aromatic N) is 2. The molecule has 0 bridgehead atoms. The molecule has 0 unspecified atom stereocenters. The SMILES string of the molecule is CCC[CH2][Sn]([CH2]CCC)[CH2]CCC.c1ccc(-c2nc3ccccc3nc2-c2ccccc2)cc1. The van der Waals surface area contributed by atoms with Crippen LogP contribution in [0.3, 0.4) is 0 Å². The van der Waals surface area contributed by atoms with Crippen molar-refractivity contribution in [3.63, 3.8) is 0 Å². The molecule has 0 spiro atoms. The van der Waals surface area contributed by atoms with E-state index in [4.69, 9.17) is 9.97 Å². The van der Waals surface area contributed by atoms with Gasteiger partial charge in [-0.3, -0.25) is 0 Å². The van der Waals surface area contributed by atoms with Crippen LogP contribution in [-0.2, 0) is 0 Å². The van der Waals surface area contributed by atoms with Crippen LogP contribution in [0.1, 0.15) is 59.3 Å². The number of benzene rings is 3. The third-order valence-corrected chi connectivity index (χ3v) is 15.4. The molecule has 0 saturated carbocycles. The molecule has 35 heavy (non-hydrogen) atoms. The van der Waals surface area contributed by atoms with E-state index in [-0.39, 0.29) is 0 Å². The molecule has 4 rings (SSSR count). The molecule has 3 aromatic carbocycles. The van der Waals surface area contributed by atoms with Gasteiger partial charge >= 0.3 is 92.4 Å². The molecule has 1 radical (unpaired) electrons. The van der Waals surface area contributed by atoms with Crippen LogP contribution in [0, 0.1) is 0 Å². The normalized spacial score (nSPS) is 10.9. The van der Waals surface area contributed by atoms with Gasteiger partial charge < -0.3 is 0 Å². The standard InChI is InChI=1S/C20H14N2.3C4H9.Sn/c1-3-9-15(10-4-1)19-20(16-11-5-2-6-12-16)22-18-14-8-7-13-17(18)21-19;3*1-3-4-2;/h1-14H;3*1,3-4H2,2H3;. The van der Waals surface area contributed by atoms with Crippen LogP contribution in [0.4, 0.5) is 0 Å². The monoisotopic (exact) mass is 573 g/mol. The molecule has 183 valence electrons. The molecule has 0 atom stereocenters. The number of para-hydroxylation sites is 2. The number of hydrogen-bond donors (Lipinski definition) is 0. The quantitative estimate of drug-likeness (QED) is 0.167. The predicted molar refractivity (Wildman–Crippen MR) is 155 cm³/mol. The van der Waals surface area contributed by atoms with Crippen LogP contribution >= 0.6 is 0 Å². The summed E-state index contributed by atoms with van der Waals surface area (Å²) in [5.74, 6) is 0. The summed E-state index contributed by atoms with van der Waals surface area (Å²) in [6.07, 6.45) is 8.85. The van der Waals surface area contributed by atoms with Crippen LogP contribution in [0.5, 0.6) is 0 Å². The maximum Gasteiger partial charge on any atom is 0.0973 e. The Bertz CT molecular complexity index is 1020. The summed E-state index contributed by atoms with van der Waals surface area (Å²) in [5, 5.41) is 0. The van der Waals surface area contributed by atoms with E-state index < -0.39 is 19.8 Å². The Morgan fingerprint density at radius 2 is 0.829 bits per heavy atom. The van der Waals surface area contributed by atoms with Gasteiger partial charge in [-0.15, -0.1) is 0 Å². The second kappa shape index (κ2) is 15.7. The molecule has 0 aliphatic rings. The summed E-state index contributed by atoms with van der Waals surface area (Å²) in [6, 6.07) is 28.4. The molecule has 0 saturated heterocycles. The summed E-state index contributed by atoms with van der Waals surface area (Å²) < 4.78 is 5.04. The van der Waals surface area contributed by atoms with E-state index in [0.29, 0.717) is 0 Å². The van der Waals surface area contributed by atoms with E-state index >= 15 is 0 Å². The Labute approximate surface area is 220 Å². The van der Waals surface area contributed by atoms with Gasteiger partial charge in [-0.1, -0.05) is 72.8 Å². The van der Waals surface area contributed by atoms with E-state index in [1.54, 1.807) is 13.3 Å². The van der Waals surface area contributed by atoms with Gasteiger partial charge in [-0.25, -0.2) is 9.97 Å². The van der Waals surface area contributed by atoms with Crippen molar-refractivity contribution in [2.45, 2.75) is 72.6 Å². The van der Waals surface area contributed by atoms with Gasteiger partial charge in [-0.2, -0.15) is 0 Å². The summed E-state index contributed by atoms with van der Waals surface area (Å²) in [6.45, 7) is 7.00. The van der Waals surface area contributed by atoms with Gasteiger partial charge in [0.25, 0.3) is 0 Å². The predicted octanol–water partition coefficient (Wildman–Crippen LogP) is 9.85. The Morgan fingerprint density at radius 3 is 1.17 bits per heavy atom. The minimum Gasteiger partial charge on any atom is -0.244 e. The molecule has 0 aliphatic heterocycles. The minimum absolute atomic E-state index is 0.839. The summed E-state index contributed by atoms with van der Waals surface area (Å²) in [4.78, 5) is 9.72. The van der Waals surface area contributed by atoms with E-state index in [1.807, 2.05) is 60.7 Å². The van der Waals surface area contributed by atoms with Crippen molar-refractivity contribution < 1.29 is 0 Å². The Hall–Kier alpha value is -2.20. The third kappa shape index (κ3) is 8.75. The first kappa shape index (κ1) is 27.4. The molecule has 0 aliphatic carbocycles. The number of hydrogen-bond acceptors (Lipinski definition) is 2. The second-order valence-corrected chi connectivity index (χ2v) is 17.8. The smallest absolute Gasteiger partial charge is 0.0973 e. The molecule has 1 aromatic heterocycles. The zero-order valence-corrected chi connectivity index (χ0v) is 24.7. The fourth-order valence-electron chi connectivity index (χ4n) is 4.25. The van der Waals surface area contributed by atoms with E-state index in [0.717, 1.165) is 33.5 Å². The average Bonchev–Trinajstić information content (AvgIpc) is 2.93. The van der Waals surface area contributed by atoms with Crippen molar-refractivity contribution in [2.24, 2.45) is 0 Å².